The van der Waals surface area contributed by atoms with Crippen molar-refractivity contribution in [1.82, 2.24) is 5.32 Å². The first-order valence-electron chi connectivity index (χ1n) is 6.80. The van der Waals surface area contributed by atoms with Gasteiger partial charge in [-0.1, -0.05) is 6.07 Å². The van der Waals surface area contributed by atoms with Crippen LogP contribution in [0.4, 0.5) is 5.69 Å². The molecular formula is C14H22N2O3S. The third-order valence-corrected chi connectivity index (χ3v) is 5.74. The van der Waals surface area contributed by atoms with Crippen molar-refractivity contribution in [3.8, 4) is 5.75 Å². The van der Waals surface area contributed by atoms with E-state index in [0.29, 0.717) is 24.0 Å². The maximum Gasteiger partial charge on any atom is 0.238 e. The number of anilines is 1. The molecule has 0 radical (unpaired) electrons. The van der Waals surface area contributed by atoms with Crippen LogP contribution in [0.1, 0.15) is 19.8 Å². The molecule has 1 aromatic rings. The molecule has 1 aliphatic carbocycles. The highest BCUT2D eigenvalue weighted by atomic mass is 32.2. The molecule has 0 bridgehead atoms. The van der Waals surface area contributed by atoms with E-state index in [1.54, 1.807) is 45.3 Å². The highest BCUT2D eigenvalue weighted by Crippen LogP contribution is 2.24. The molecule has 6 heteroatoms. The summed E-state index contributed by atoms with van der Waals surface area (Å²) in [5, 5.41) is 2.80. The van der Waals surface area contributed by atoms with Crippen molar-refractivity contribution >= 4 is 15.7 Å². The van der Waals surface area contributed by atoms with E-state index in [9.17, 15) is 8.42 Å². The smallest absolute Gasteiger partial charge is 0.238 e. The van der Waals surface area contributed by atoms with Crippen LogP contribution in [0.25, 0.3) is 0 Å². The summed E-state index contributed by atoms with van der Waals surface area (Å²) in [5.74, 6) is 0.647. The second kappa shape index (κ2) is 6.01. The molecule has 1 aromatic carbocycles. The number of hydrogen-bond donors (Lipinski definition) is 1. The minimum Gasteiger partial charge on any atom is -0.497 e. The van der Waals surface area contributed by atoms with Gasteiger partial charge in [0.05, 0.1) is 18.0 Å². The Kier molecular flexibility index (Phi) is 4.55. The van der Waals surface area contributed by atoms with Gasteiger partial charge in [-0.15, -0.1) is 0 Å². The van der Waals surface area contributed by atoms with Crippen LogP contribution >= 0.6 is 0 Å². The summed E-state index contributed by atoms with van der Waals surface area (Å²) in [6.07, 6.45) is 2.30. The van der Waals surface area contributed by atoms with Gasteiger partial charge < -0.3 is 10.1 Å². The van der Waals surface area contributed by atoms with Crippen LogP contribution in [0.3, 0.4) is 0 Å². The van der Waals surface area contributed by atoms with Crippen LogP contribution in [-0.2, 0) is 10.0 Å². The zero-order chi connectivity index (χ0) is 14.8. The standard InChI is InChI=1S/C14H22N2O3S/c1-11(10-15-12-7-8-12)20(17,18)16(2)13-5-4-6-14(9-13)19-3/h4-6,9,11-12,15H,7-8,10H2,1-3H3. The molecule has 1 N–H and O–H groups in total. The third-order valence-electron chi connectivity index (χ3n) is 3.58. The largest absolute Gasteiger partial charge is 0.497 e. The fraction of sp³-hybridized carbons (Fsp3) is 0.571. The highest BCUT2D eigenvalue weighted by molar-refractivity contribution is 7.93. The summed E-state index contributed by atoms with van der Waals surface area (Å²) >= 11 is 0. The van der Waals surface area contributed by atoms with Gasteiger partial charge in [-0.3, -0.25) is 4.31 Å². The van der Waals surface area contributed by atoms with E-state index in [1.807, 2.05) is 0 Å². The van der Waals surface area contributed by atoms with E-state index in [1.165, 1.54) is 4.31 Å². The lowest BCUT2D eigenvalue weighted by atomic mass is 10.3. The molecule has 1 fully saturated rings. The predicted molar refractivity (Wildman–Crippen MR) is 80.8 cm³/mol. The molecule has 1 atom stereocenters. The lowest BCUT2D eigenvalue weighted by Gasteiger charge is -2.24. The summed E-state index contributed by atoms with van der Waals surface area (Å²) in [7, 11) is -0.223. The van der Waals surface area contributed by atoms with Gasteiger partial charge in [0.2, 0.25) is 10.0 Å². The Morgan fingerprint density at radius 3 is 2.75 bits per heavy atom. The molecule has 0 aliphatic heterocycles. The van der Waals surface area contributed by atoms with Crippen molar-refractivity contribution in [2.75, 3.05) is 25.0 Å². The fourth-order valence-electron chi connectivity index (χ4n) is 1.95. The monoisotopic (exact) mass is 298 g/mol. The third kappa shape index (κ3) is 3.43. The molecule has 0 amide bonds. The molecular weight excluding hydrogens is 276 g/mol. The zero-order valence-corrected chi connectivity index (χ0v) is 13.0. The van der Waals surface area contributed by atoms with E-state index >= 15 is 0 Å². The maximum atomic E-state index is 12.5. The zero-order valence-electron chi connectivity index (χ0n) is 12.2. The van der Waals surface area contributed by atoms with E-state index in [-0.39, 0.29) is 0 Å². The molecule has 20 heavy (non-hydrogen) atoms. The van der Waals surface area contributed by atoms with Gasteiger partial charge in [0, 0.05) is 25.7 Å². The summed E-state index contributed by atoms with van der Waals surface area (Å²) in [6.45, 7) is 2.22. The molecule has 1 unspecified atom stereocenters. The number of rotatable bonds is 7. The van der Waals surface area contributed by atoms with E-state index in [2.05, 4.69) is 5.32 Å². The second-order valence-electron chi connectivity index (χ2n) is 5.21. The first-order chi connectivity index (χ1) is 9.45. The van der Waals surface area contributed by atoms with E-state index in [4.69, 9.17) is 4.74 Å². The van der Waals surface area contributed by atoms with Crippen molar-refractivity contribution in [1.29, 1.82) is 0 Å². The molecule has 5 nitrogen and oxygen atoms in total. The van der Waals surface area contributed by atoms with Gasteiger partial charge in [0.1, 0.15) is 5.75 Å². The Bertz CT molecular complexity index is 555. The Morgan fingerprint density at radius 2 is 2.15 bits per heavy atom. The Morgan fingerprint density at radius 1 is 1.45 bits per heavy atom. The van der Waals surface area contributed by atoms with Crippen molar-refractivity contribution in [2.45, 2.75) is 31.1 Å². The molecule has 1 aliphatic rings. The number of sulfonamides is 1. The topological polar surface area (TPSA) is 58.6 Å². The van der Waals surface area contributed by atoms with Gasteiger partial charge in [0.25, 0.3) is 0 Å². The maximum absolute atomic E-state index is 12.5. The number of benzene rings is 1. The first-order valence-corrected chi connectivity index (χ1v) is 8.30. The van der Waals surface area contributed by atoms with Gasteiger partial charge in [0.15, 0.2) is 0 Å². The van der Waals surface area contributed by atoms with Gasteiger partial charge in [-0.25, -0.2) is 8.42 Å². The Hall–Kier alpha value is -1.27. The van der Waals surface area contributed by atoms with Crippen LogP contribution < -0.4 is 14.4 Å². The SMILES string of the molecule is COc1cccc(N(C)S(=O)(=O)C(C)CNC2CC2)c1. The van der Waals surface area contributed by atoms with Crippen LogP contribution in [0.15, 0.2) is 24.3 Å². The fourth-order valence-corrected chi connectivity index (χ4v) is 3.20. The van der Waals surface area contributed by atoms with Gasteiger partial charge in [-0.05, 0) is 31.9 Å². The van der Waals surface area contributed by atoms with Gasteiger partial charge >= 0.3 is 0 Å². The molecule has 112 valence electrons. The molecule has 0 heterocycles. The van der Waals surface area contributed by atoms with Crippen molar-refractivity contribution < 1.29 is 13.2 Å². The molecule has 2 rings (SSSR count). The molecule has 1 saturated carbocycles. The molecule has 0 aromatic heterocycles. The molecule has 0 spiro atoms. The van der Waals surface area contributed by atoms with E-state index in [0.717, 1.165) is 12.8 Å². The normalized spacial score (nSPS) is 16.8. The summed E-state index contributed by atoms with van der Waals surface area (Å²) < 4.78 is 31.5. The van der Waals surface area contributed by atoms with Crippen LogP contribution in [0.2, 0.25) is 0 Å². The van der Waals surface area contributed by atoms with Crippen LogP contribution in [0.5, 0.6) is 5.75 Å². The van der Waals surface area contributed by atoms with Gasteiger partial charge in [-0.2, -0.15) is 0 Å². The van der Waals surface area contributed by atoms with Crippen LogP contribution in [-0.4, -0.2) is 40.4 Å². The minimum atomic E-state index is -3.37. The number of ether oxygens (including phenoxy) is 1. The van der Waals surface area contributed by atoms with E-state index < -0.39 is 15.3 Å². The van der Waals surface area contributed by atoms with Crippen molar-refractivity contribution in [3.63, 3.8) is 0 Å². The van der Waals surface area contributed by atoms with Crippen molar-refractivity contribution in [2.24, 2.45) is 0 Å². The average molecular weight is 298 g/mol. The quantitative estimate of drug-likeness (QED) is 0.831. The number of nitrogens with zero attached hydrogens (tertiary/aromatic N) is 1. The number of hydrogen-bond acceptors (Lipinski definition) is 4. The number of nitrogens with one attached hydrogen (secondary N) is 1. The Balaban J connectivity index is 2.09. The molecule has 0 saturated heterocycles. The predicted octanol–water partition coefficient (Wildman–Crippen LogP) is 1.60. The average Bonchev–Trinajstić information content (AvgIpc) is 3.28. The summed E-state index contributed by atoms with van der Waals surface area (Å²) in [5.41, 5.74) is 0.614. The van der Waals surface area contributed by atoms with Crippen molar-refractivity contribution in [3.05, 3.63) is 24.3 Å². The summed E-state index contributed by atoms with van der Waals surface area (Å²) in [4.78, 5) is 0. The first kappa shape index (κ1) is 15.1. The second-order valence-corrected chi connectivity index (χ2v) is 7.59. The number of methoxy groups -OCH3 is 1. The highest BCUT2D eigenvalue weighted by Gasteiger charge is 2.29. The lowest BCUT2D eigenvalue weighted by Crippen LogP contribution is -2.40. The Labute approximate surface area is 121 Å². The van der Waals surface area contributed by atoms with Crippen LogP contribution in [0, 0.1) is 0 Å². The summed E-state index contributed by atoms with van der Waals surface area (Å²) in [6, 6.07) is 7.57. The lowest BCUT2D eigenvalue weighted by molar-refractivity contribution is 0.415. The minimum absolute atomic E-state index is 0.459.